The summed E-state index contributed by atoms with van der Waals surface area (Å²) in [7, 11) is -1.89. The Hall–Kier alpha value is -0.433. The predicted octanol–water partition coefficient (Wildman–Crippen LogP) is 5.46. The first-order valence-corrected chi connectivity index (χ1v) is 10.8. The van der Waals surface area contributed by atoms with Crippen molar-refractivity contribution in [2.24, 2.45) is 0 Å². The average molecular weight is 419 g/mol. The van der Waals surface area contributed by atoms with Crippen LogP contribution >= 0.6 is 22.6 Å². The molecule has 5 heteroatoms. The van der Waals surface area contributed by atoms with Gasteiger partial charge in [0.15, 0.2) is 5.58 Å². The molecule has 116 valence electrons. The molecule has 2 aromatic rings. The van der Waals surface area contributed by atoms with Gasteiger partial charge in [0.2, 0.25) is 5.95 Å². The van der Waals surface area contributed by atoms with Crippen molar-refractivity contribution in [2.75, 3.05) is 0 Å². The third-order valence-corrected chi connectivity index (χ3v) is 13.1. The summed E-state index contributed by atoms with van der Waals surface area (Å²) < 4.78 is 20.7. The van der Waals surface area contributed by atoms with Crippen LogP contribution in [0.5, 0.6) is 0 Å². The van der Waals surface area contributed by atoms with E-state index in [0.29, 0.717) is 27.7 Å². The van der Waals surface area contributed by atoms with Gasteiger partial charge in [-0.05, 0) is 51.3 Å². The number of halogens is 2. The quantitative estimate of drug-likeness (QED) is 0.374. The number of furan rings is 1. The number of pyridine rings is 1. The Morgan fingerprint density at radius 3 is 2.05 bits per heavy atom. The Balaban J connectivity index is 2.80. The largest absolute Gasteiger partial charge is 0.463 e. The molecule has 0 N–H and O–H groups in total. The fraction of sp³-hybridized carbons (Fsp3) is 0.562. The van der Waals surface area contributed by atoms with Gasteiger partial charge in [0.1, 0.15) is 13.6 Å². The molecule has 0 saturated carbocycles. The van der Waals surface area contributed by atoms with E-state index in [1.165, 1.54) is 6.07 Å². The molecule has 2 nitrogen and oxygen atoms in total. The van der Waals surface area contributed by atoms with Crippen molar-refractivity contribution in [3.05, 3.63) is 21.7 Å². The van der Waals surface area contributed by atoms with Gasteiger partial charge in [-0.1, -0.05) is 41.5 Å². The van der Waals surface area contributed by atoms with Crippen molar-refractivity contribution in [2.45, 2.75) is 58.2 Å². The summed E-state index contributed by atoms with van der Waals surface area (Å²) in [6.45, 7) is 13.8. The van der Waals surface area contributed by atoms with Gasteiger partial charge in [0, 0.05) is 0 Å². The van der Waals surface area contributed by atoms with Gasteiger partial charge < -0.3 is 4.42 Å². The Morgan fingerprint density at radius 1 is 1.05 bits per heavy atom. The number of hydrogen-bond acceptors (Lipinski definition) is 2. The van der Waals surface area contributed by atoms with Gasteiger partial charge in [-0.15, -0.1) is 0 Å². The molecule has 0 aliphatic rings. The molecule has 0 aliphatic carbocycles. The SMILES string of the molecule is CC(C)[Si](c1oc2ccc(F)nc2c1I)(C(C)C)C(C)C. The lowest BCUT2D eigenvalue weighted by Crippen LogP contribution is -2.56. The number of rotatable bonds is 4. The molecule has 0 aromatic carbocycles. The molecule has 0 amide bonds. The molecule has 2 rings (SSSR count). The first-order chi connectivity index (χ1) is 9.72. The van der Waals surface area contributed by atoms with Crippen LogP contribution in [0.1, 0.15) is 41.5 Å². The topological polar surface area (TPSA) is 26.0 Å². The summed E-state index contributed by atoms with van der Waals surface area (Å²) in [6, 6.07) is 3.07. The van der Waals surface area contributed by atoms with Gasteiger partial charge in [-0.3, -0.25) is 0 Å². The van der Waals surface area contributed by atoms with E-state index in [1.54, 1.807) is 6.07 Å². The number of nitrogens with zero attached hydrogens (tertiary/aromatic N) is 1. The molecule has 0 bridgehead atoms. The van der Waals surface area contributed by atoms with Crippen LogP contribution in [0.25, 0.3) is 11.1 Å². The van der Waals surface area contributed by atoms with Crippen molar-refractivity contribution >= 4 is 47.1 Å². The number of hydrogen-bond donors (Lipinski definition) is 0. The van der Waals surface area contributed by atoms with E-state index in [4.69, 9.17) is 4.42 Å². The third-order valence-electron chi connectivity index (χ3n) is 4.70. The first-order valence-electron chi connectivity index (χ1n) is 7.47. The second-order valence-electron chi connectivity index (χ2n) is 6.62. The molecule has 2 heterocycles. The molecule has 0 unspecified atom stereocenters. The van der Waals surface area contributed by atoms with Crippen molar-refractivity contribution in [3.63, 3.8) is 0 Å². The molecular formula is C16H23FINOSi. The van der Waals surface area contributed by atoms with Crippen molar-refractivity contribution in [1.82, 2.24) is 4.98 Å². The lowest BCUT2D eigenvalue weighted by atomic mass is 10.4. The van der Waals surface area contributed by atoms with Crippen LogP contribution in [0.15, 0.2) is 16.5 Å². The highest BCUT2D eigenvalue weighted by atomic mass is 127. The highest BCUT2D eigenvalue weighted by Crippen LogP contribution is 2.43. The van der Waals surface area contributed by atoms with E-state index in [1.807, 2.05) is 0 Å². The Kier molecular flexibility index (Phi) is 4.83. The van der Waals surface area contributed by atoms with Crippen LogP contribution in [0, 0.1) is 9.52 Å². The van der Waals surface area contributed by atoms with Crippen molar-refractivity contribution < 1.29 is 8.81 Å². The summed E-state index contributed by atoms with van der Waals surface area (Å²) in [6.07, 6.45) is 0. The van der Waals surface area contributed by atoms with E-state index >= 15 is 0 Å². The fourth-order valence-corrected chi connectivity index (χ4v) is 12.2. The van der Waals surface area contributed by atoms with Gasteiger partial charge >= 0.3 is 0 Å². The Labute approximate surface area is 140 Å². The summed E-state index contributed by atoms with van der Waals surface area (Å²) in [5.41, 5.74) is 3.03. The second kappa shape index (κ2) is 5.99. The monoisotopic (exact) mass is 419 g/mol. The molecule has 0 fully saturated rings. The summed E-state index contributed by atoms with van der Waals surface area (Å²) in [5, 5.41) is 1.09. The molecular weight excluding hydrogens is 396 g/mol. The molecule has 0 atom stereocenters. The number of fused-ring (bicyclic) bond motifs is 1. The van der Waals surface area contributed by atoms with E-state index in [0.717, 1.165) is 8.95 Å². The van der Waals surface area contributed by atoms with Gasteiger partial charge in [0.25, 0.3) is 0 Å². The lowest BCUT2D eigenvalue weighted by Gasteiger charge is -2.41. The maximum Gasteiger partial charge on any atom is 0.213 e. The maximum absolute atomic E-state index is 13.5. The molecule has 0 saturated heterocycles. The average Bonchev–Trinajstić information content (AvgIpc) is 2.67. The summed E-state index contributed by atoms with van der Waals surface area (Å²) in [4.78, 5) is 4.04. The summed E-state index contributed by atoms with van der Waals surface area (Å²) >= 11 is 2.29. The molecule has 0 spiro atoms. The summed E-state index contributed by atoms with van der Waals surface area (Å²) in [5.74, 6) is -0.446. The zero-order chi connectivity index (χ0) is 15.9. The number of aromatic nitrogens is 1. The zero-order valence-electron chi connectivity index (χ0n) is 13.5. The zero-order valence-corrected chi connectivity index (χ0v) is 16.7. The molecule has 0 radical (unpaired) electrons. The predicted molar refractivity (Wildman–Crippen MR) is 97.4 cm³/mol. The first kappa shape index (κ1) is 16.9. The van der Waals surface area contributed by atoms with E-state index in [-0.39, 0.29) is 0 Å². The minimum absolute atomic E-state index is 0.446. The molecule has 2 aromatic heterocycles. The molecule has 0 aliphatic heterocycles. The highest BCUT2D eigenvalue weighted by molar-refractivity contribution is 14.1. The van der Waals surface area contributed by atoms with Crippen LogP contribution in [-0.2, 0) is 0 Å². The van der Waals surface area contributed by atoms with Crippen LogP contribution in [0.3, 0.4) is 0 Å². The lowest BCUT2D eigenvalue weighted by molar-refractivity contribution is 0.585. The normalized spacial score (nSPS) is 13.1. The molecule has 21 heavy (non-hydrogen) atoms. The third kappa shape index (κ3) is 2.56. The van der Waals surface area contributed by atoms with Crippen molar-refractivity contribution in [1.29, 1.82) is 0 Å². The standard InChI is InChI=1S/C16H23FINOSi/c1-9(2)21(10(3)4,11(5)6)16-14(18)15-12(20-16)7-8-13(17)19-15/h7-11H,1-6H3. The smallest absolute Gasteiger partial charge is 0.213 e. The van der Waals surface area contributed by atoms with Gasteiger partial charge in [-0.2, -0.15) is 4.39 Å². The van der Waals surface area contributed by atoms with Crippen LogP contribution in [0.2, 0.25) is 16.6 Å². The minimum atomic E-state index is -1.89. The minimum Gasteiger partial charge on any atom is -0.463 e. The van der Waals surface area contributed by atoms with E-state index in [9.17, 15) is 4.39 Å². The Bertz CT molecular complexity index is 629. The van der Waals surface area contributed by atoms with Crippen LogP contribution in [0.4, 0.5) is 4.39 Å². The van der Waals surface area contributed by atoms with Crippen molar-refractivity contribution in [3.8, 4) is 0 Å². The second-order valence-corrected chi connectivity index (χ2v) is 13.5. The highest BCUT2D eigenvalue weighted by Gasteiger charge is 2.49. The maximum atomic E-state index is 13.5. The fourth-order valence-electron chi connectivity index (χ4n) is 3.99. The Morgan fingerprint density at radius 2 is 1.57 bits per heavy atom. The van der Waals surface area contributed by atoms with Gasteiger partial charge in [-0.25, -0.2) is 4.98 Å². The van der Waals surface area contributed by atoms with E-state index in [2.05, 4.69) is 69.1 Å². The van der Waals surface area contributed by atoms with Crippen LogP contribution in [-0.4, -0.2) is 13.1 Å². The van der Waals surface area contributed by atoms with E-state index < -0.39 is 14.0 Å². The van der Waals surface area contributed by atoms with Gasteiger partial charge in [0.05, 0.1) is 8.95 Å². The van der Waals surface area contributed by atoms with Crippen LogP contribution < -0.4 is 5.38 Å².